The maximum atomic E-state index is 12.6. The van der Waals surface area contributed by atoms with Gasteiger partial charge in [-0.2, -0.15) is 0 Å². The van der Waals surface area contributed by atoms with Gasteiger partial charge in [-0.05, 0) is 26.7 Å². The summed E-state index contributed by atoms with van der Waals surface area (Å²) in [5.41, 5.74) is 2.11. The van der Waals surface area contributed by atoms with Crippen molar-refractivity contribution in [3.63, 3.8) is 0 Å². The Morgan fingerprint density at radius 2 is 1.88 bits per heavy atom. The third kappa shape index (κ3) is 6.18. The Morgan fingerprint density at radius 1 is 1.19 bits per heavy atom. The highest BCUT2D eigenvalue weighted by molar-refractivity contribution is 5.85. The average molecular weight is 442 g/mol. The van der Waals surface area contributed by atoms with Gasteiger partial charge in [0.1, 0.15) is 0 Å². The maximum absolute atomic E-state index is 12.6. The second-order valence-electron chi connectivity index (χ2n) is 8.14. The Balaban J connectivity index is 1.43. The Hall–Kier alpha value is -3.16. The number of oxazole rings is 1. The molecule has 1 aliphatic rings. The van der Waals surface area contributed by atoms with Gasteiger partial charge in [0, 0.05) is 38.5 Å². The van der Waals surface area contributed by atoms with Gasteiger partial charge in [0.25, 0.3) is 0 Å². The van der Waals surface area contributed by atoms with Crippen LogP contribution in [0, 0.1) is 12.8 Å². The Labute approximate surface area is 188 Å². The minimum atomic E-state index is -0.191. The van der Waals surface area contributed by atoms with Crippen molar-refractivity contribution in [2.24, 2.45) is 5.92 Å². The van der Waals surface area contributed by atoms with E-state index in [9.17, 15) is 14.4 Å². The van der Waals surface area contributed by atoms with Gasteiger partial charge in [0.05, 0.1) is 25.3 Å². The van der Waals surface area contributed by atoms with Crippen molar-refractivity contribution in [3.05, 3.63) is 41.9 Å². The van der Waals surface area contributed by atoms with Crippen LogP contribution in [0.5, 0.6) is 0 Å². The van der Waals surface area contributed by atoms with E-state index in [4.69, 9.17) is 9.15 Å². The van der Waals surface area contributed by atoms with Crippen molar-refractivity contribution >= 4 is 17.8 Å². The van der Waals surface area contributed by atoms with E-state index in [2.05, 4.69) is 4.98 Å². The van der Waals surface area contributed by atoms with E-state index in [1.54, 1.807) is 25.1 Å². The number of aryl methyl sites for hydroxylation is 2. The topological polar surface area (TPSA) is 93.0 Å². The largest absolute Gasteiger partial charge is 0.466 e. The van der Waals surface area contributed by atoms with Gasteiger partial charge in [-0.15, -0.1) is 0 Å². The molecule has 32 heavy (non-hydrogen) atoms. The summed E-state index contributed by atoms with van der Waals surface area (Å²) in [6.45, 7) is 5.20. The monoisotopic (exact) mass is 441 g/mol. The first-order chi connectivity index (χ1) is 15.4. The summed E-state index contributed by atoms with van der Waals surface area (Å²) in [5, 5.41) is 0. The molecule has 1 saturated heterocycles. The van der Waals surface area contributed by atoms with Gasteiger partial charge in [0.2, 0.25) is 11.8 Å². The second-order valence-corrected chi connectivity index (χ2v) is 8.14. The van der Waals surface area contributed by atoms with Gasteiger partial charge in [-0.25, -0.2) is 4.98 Å². The van der Waals surface area contributed by atoms with Crippen molar-refractivity contribution in [1.29, 1.82) is 0 Å². The molecule has 172 valence electrons. The Kier molecular flexibility index (Phi) is 8.03. The summed E-state index contributed by atoms with van der Waals surface area (Å²) in [5.74, 6) is 0.570. The molecule has 0 radical (unpaired) electrons. The van der Waals surface area contributed by atoms with Crippen molar-refractivity contribution < 1.29 is 23.5 Å². The number of likely N-dealkylation sites (tertiary alicyclic amines) is 1. The number of benzene rings is 1. The van der Waals surface area contributed by atoms with Crippen LogP contribution in [0.2, 0.25) is 0 Å². The van der Waals surface area contributed by atoms with Crippen molar-refractivity contribution in [2.75, 3.05) is 33.3 Å². The first-order valence-corrected chi connectivity index (χ1v) is 11.1. The molecule has 1 fully saturated rings. The fourth-order valence-electron chi connectivity index (χ4n) is 3.70. The van der Waals surface area contributed by atoms with Crippen LogP contribution in [0.1, 0.15) is 37.6 Å². The van der Waals surface area contributed by atoms with Crippen molar-refractivity contribution in [1.82, 2.24) is 14.8 Å². The molecule has 1 aliphatic heterocycles. The van der Waals surface area contributed by atoms with Gasteiger partial charge in [-0.1, -0.05) is 29.8 Å². The number of carbonyl (C=O) groups is 3. The third-order valence-corrected chi connectivity index (χ3v) is 5.71. The smallest absolute Gasteiger partial charge is 0.309 e. The number of esters is 1. The zero-order valence-corrected chi connectivity index (χ0v) is 19.0. The number of ether oxygens (including phenoxy) is 1. The Bertz CT molecular complexity index is 929. The fraction of sp³-hybridized carbons (Fsp3) is 0.500. The van der Waals surface area contributed by atoms with Crippen LogP contribution < -0.4 is 0 Å². The van der Waals surface area contributed by atoms with E-state index in [1.165, 1.54) is 10.5 Å². The molecule has 0 saturated carbocycles. The molecule has 2 amide bonds. The molecule has 2 aromatic rings. The molecule has 8 nitrogen and oxygen atoms in total. The number of aromatic nitrogens is 1. The number of amides is 2. The summed E-state index contributed by atoms with van der Waals surface area (Å²) in [6.07, 6.45) is 3.43. The predicted molar refractivity (Wildman–Crippen MR) is 119 cm³/mol. The van der Waals surface area contributed by atoms with E-state index < -0.39 is 0 Å². The van der Waals surface area contributed by atoms with E-state index in [0.29, 0.717) is 50.6 Å². The summed E-state index contributed by atoms with van der Waals surface area (Å²) in [4.78, 5) is 44.3. The lowest BCUT2D eigenvalue weighted by Gasteiger charge is -2.32. The molecule has 0 atom stereocenters. The average Bonchev–Trinajstić information content (AvgIpc) is 3.27. The first kappa shape index (κ1) is 23.5. The molecule has 3 rings (SSSR count). The second kappa shape index (κ2) is 10.9. The van der Waals surface area contributed by atoms with Crippen LogP contribution in [0.4, 0.5) is 0 Å². The number of rotatable bonds is 8. The van der Waals surface area contributed by atoms with Gasteiger partial charge in [-0.3, -0.25) is 14.4 Å². The third-order valence-electron chi connectivity index (χ3n) is 5.71. The highest BCUT2D eigenvalue weighted by Crippen LogP contribution is 2.22. The molecule has 0 spiro atoms. The summed E-state index contributed by atoms with van der Waals surface area (Å²) in [7, 11) is 1.62. The summed E-state index contributed by atoms with van der Waals surface area (Å²) < 4.78 is 10.8. The van der Waals surface area contributed by atoms with Crippen LogP contribution >= 0.6 is 0 Å². The van der Waals surface area contributed by atoms with Gasteiger partial charge < -0.3 is 19.0 Å². The normalized spacial score (nSPS) is 14.3. The number of hydrogen-bond acceptors (Lipinski definition) is 6. The molecule has 0 bridgehead atoms. The minimum absolute atomic E-state index is 0.0170. The minimum Gasteiger partial charge on any atom is -0.466 e. The standard InChI is InChI=1S/C24H31N3O5/c1-4-31-24(30)19-11-13-27(14-12-19)23(29)16-26(3)22(28)10-9-21-25-15-20(32-21)18-7-5-17(2)6-8-18/h5-8,15,19H,4,9-14,16H2,1-3H3. The highest BCUT2D eigenvalue weighted by Gasteiger charge is 2.29. The molecule has 2 heterocycles. The molecule has 8 heteroatoms. The van der Waals surface area contributed by atoms with Gasteiger partial charge in [0.15, 0.2) is 11.7 Å². The fourth-order valence-corrected chi connectivity index (χ4v) is 3.70. The van der Waals surface area contributed by atoms with Crippen molar-refractivity contribution in [3.8, 4) is 11.3 Å². The molecule has 1 aromatic carbocycles. The predicted octanol–water partition coefficient (Wildman–Crippen LogP) is 2.84. The molecular weight excluding hydrogens is 410 g/mol. The van der Waals surface area contributed by atoms with Crippen LogP contribution in [0.3, 0.4) is 0 Å². The SMILES string of the molecule is CCOC(=O)C1CCN(C(=O)CN(C)C(=O)CCc2ncc(-c3ccc(C)cc3)o2)CC1. The zero-order valence-electron chi connectivity index (χ0n) is 19.0. The number of nitrogens with zero attached hydrogens (tertiary/aromatic N) is 3. The number of carbonyl (C=O) groups excluding carboxylic acids is 3. The highest BCUT2D eigenvalue weighted by atomic mass is 16.5. The molecular formula is C24H31N3O5. The lowest BCUT2D eigenvalue weighted by Crippen LogP contribution is -2.45. The molecule has 0 N–H and O–H groups in total. The number of hydrogen-bond donors (Lipinski definition) is 0. The van der Waals surface area contributed by atoms with Crippen molar-refractivity contribution in [2.45, 2.75) is 39.5 Å². The number of piperidine rings is 1. The van der Waals surface area contributed by atoms with Gasteiger partial charge >= 0.3 is 5.97 Å². The van der Waals surface area contributed by atoms with E-state index in [1.807, 2.05) is 31.2 Å². The Morgan fingerprint density at radius 3 is 2.53 bits per heavy atom. The summed E-state index contributed by atoms with van der Waals surface area (Å²) in [6, 6.07) is 7.96. The first-order valence-electron chi connectivity index (χ1n) is 11.1. The molecule has 0 aliphatic carbocycles. The van der Waals surface area contributed by atoms with E-state index in [0.717, 1.165) is 5.56 Å². The molecule has 0 unspecified atom stereocenters. The zero-order chi connectivity index (χ0) is 23.1. The lowest BCUT2D eigenvalue weighted by atomic mass is 9.97. The quantitative estimate of drug-likeness (QED) is 0.585. The van der Waals surface area contributed by atoms with E-state index in [-0.39, 0.29) is 36.7 Å². The number of likely N-dealkylation sites (N-methyl/N-ethyl adjacent to an activating group) is 1. The van der Waals surface area contributed by atoms with Crippen LogP contribution in [-0.2, 0) is 25.5 Å². The van der Waals surface area contributed by atoms with Crippen LogP contribution in [0.15, 0.2) is 34.9 Å². The van der Waals surface area contributed by atoms with Crippen LogP contribution in [0.25, 0.3) is 11.3 Å². The van der Waals surface area contributed by atoms with E-state index >= 15 is 0 Å². The van der Waals surface area contributed by atoms with Crippen LogP contribution in [-0.4, -0.2) is 65.9 Å². The lowest BCUT2D eigenvalue weighted by molar-refractivity contribution is -0.151. The maximum Gasteiger partial charge on any atom is 0.309 e. The summed E-state index contributed by atoms with van der Waals surface area (Å²) >= 11 is 0. The molecule has 1 aromatic heterocycles.